The molecule has 0 aliphatic carbocycles. The van der Waals surface area contributed by atoms with Crippen LogP contribution in [0.2, 0.25) is 0 Å². The number of hydrogen-bond donors (Lipinski definition) is 1. The van der Waals surface area contributed by atoms with Crippen molar-refractivity contribution in [3.63, 3.8) is 0 Å². The molecule has 1 saturated heterocycles. The van der Waals surface area contributed by atoms with Crippen molar-refractivity contribution >= 4 is 5.97 Å². The SMILES string of the molecule is COCCn1ccnc1CN1CC[C@@H](C(=O)O)C1. The molecule has 1 N–H and O–H groups in total. The number of carboxylic acids is 1. The number of hydrogen-bond acceptors (Lipinski definition) is 4. The first-order valence-electron chi connectivity index (χ1n) is 6.15. The van der Waals surface area contributed by atoms with Crippen molar-refractivity contribution in [2.45, 2.75) is 19.5 Å². The second-order valence-electron chi connectivity index (χ2n) is 4.59. The minimum Gasteiger partial charge on any atom is -0.481 e. The lowest BCUT2D eigenvalue weighted by Gasteiger charge is -2.15. The molecule has 18 heavy (non-hydrogen) atoms. The monoisotopic (exact) mass is 253 g/mol. The highest BCUT2D eigenvalue weighted by Crippen LogP contribution is 2.18. The van der Waals surface area contributed by atoms with Crippen molar-refractivity contribution < 1.29 is 14.6 Å². The molecule has 6 heteroatoms. The number of carboxylic acid groups (broad SMARTS) is 1. The maximum atomic E-state index is 10.9. The van der Waals surface area contributed by atoms with Crippen molar-refractivity contribution in [2.75, 3.05) is 26.8 Å². The van der Waals surface area contributed by atoms with E-state index in [4.69, 9.17) is 9.84 Å². The number of nitrogens with zero attached hydrogens (tertiary/aromatic N) is 3. The van der Waals surface area contributed by atoms with Crippen LogP contribution in [0.3, 0.4) is 0 Å². The van der Waals surface area contributed by atoms with E-state index in [2.05, 4.69) is 14.5 Å². The van der Waals surface area contributed by atoms with Gasteiger partial charge in [0.05, 0.1) is 19.1 Å². The topological polar surface area (TPSA) is 67.6 Å². The summed E-state index contributed by atoms with van der Waals surface area (Å²) in [5, 5.41) is 8.96. The van der Waals surface area contributed by atoms with E-state index in [0.717, 1.165) is 25.3 Å². The highest BCUT2D eigenvalue weighted by molar-refractivity contribution is 5.70. The van der Waals surface area contributed by atoms with E-state index in [1.54, 1.807) is 13.3 Å². The van der Waals surface area contributed by atoms with Gasteiger partial charge in [0.15, 0.2) is 0 Å². The van der Waals surface area contributed by atoms with Gasteiger partial charge in [-0.2, -0.15) is 0 Å². The molecule has 0 bridgehead atoms. The van der Waals surface area contributed by atoms with E-state index in [9.17, 15) is 4.79 Å². The zero-order valence-corrected chi connectivity index (χ0v) is 10.6. The fourth-order valence-corrected chi connectivity index (χ4v) is 2.26. The standard InChI is InChI=1S/C12H19N3O3/c1-18-7-6-15-5-3-13-11(15)9-14-4-2-10(8-14)12(16)17/h3,5,10H,2,4,6-9H2,1H3,(H,16,17)/t10-/m1/s1. The maximum absolute atomic E-state index is 10.9. The number of ether oxygens (including phenoxy) is 1. The van der Waals surface area contributed by atoms with Crippen molar-refractivity contribution in [3.05, 3.63) is 18.2 Å². The number of aromatic nitrogens is 2. The summed E-state index contributed by atoms with van der Waals surface area (Å²) in [5.41, 5.74) is 0. The Morgan fingerprint density at radius 3 is 3.17 bits per heavy atom. The zero-order valence-electron chi connectivity index (χ0n) is 10.6. The summed E-state index contributed by atoms with van der Waals surface area (Å²) in [7, 11) is 1.68. The smallest absolute Gasteiger partial charge is 0.307 e. The molecule has 0 saturated carbocycles. The number of methoxy groups -OCH3 is 1. The third kappa shape index (κ3) is 3.08. The maximum Gasteiger partial charge on any atom is 0.307 e. The summed E-state index contributed by atoms with van der Waals surface area (Å²) in [6.07, 6.45) is 4.43. The molecule has 1 aliphatic rings. The molecule has 1 aromatic heterocycles. The first-order valence-corrected chi connectivity index (χ1v) is 6.15. The number of likely N-dealkylation sites (tertiary alicyclic amines) is 1. The number of aliphatic carboxylic acids is 1. The van der Waals surface area contributed by atoms with E-state index in [1.807, 2.05) is 6.20 Å². The molecule has 0 aromatic carbocycles. The largest absolute Gasteiger partial charge is 0.481 e. The molecule has 1 atom stereocenters. The van der Waals surface area contributed by atoms with Crippen LogP contribution < -0.4 is 0 Å². The lowest BCUT2D eigenvalue weighted by atomic mass is 10.1. The van der Waals surface area contributed by atoms with Gasteiger partial charge in [0.25, 0.3) is 0 Å². The third-order valence-electron chi connectivity index (χ3n) is 3.32. The van der Waals surface area contributed by atoms with Crippen LogP contribution >= 0.6 is 0 Å². The fraction of sp³-hybridized carbons (Fsp3) is 0.667. The lowest BCUT2D eigenvalue weighted by molar-refractivity contribution is -0.141. The minimum atomic E-state index is -0.694. The van der Waals surface area contributed by atoms with Crippen LogP contribution in [-0.4, -0.2) is 52.3 Å². The van der Waals surface area contributed by atoms with Gasteiger partial charge in [-0.15, -0.1) is 0 Å². The third-order valence-corrected chi connectivity index (χ3v) is 3.32. The van der Waals surface area contributed by atoms with E-state index in [1.165, 1.54) is 0 Å². The van der Waals surface area contributed by atoms with Gasteiger partial charge in [-0.25, -0.2) is 4.98 Å². The van der Waals surface area contributed by atoms with Gasteiger partial charge in [-0.3, -0.25) is 9.69 Å². The van der Waals surface area contributed by atoms with Crippen molar-refractivity contribution in [1.82, 2.24) is 14.5 Å². The Morgan fingerprint density at radius 1 is 1.67 bits per heavy atom. The van der Waals surface area contributed by atoms with Crippen molar-refractivity contribution in [1.29, 1.82) is 0 Å². The number of imidazole rings is 1. The second kappa shape index (κ2) is 5.97. The number of rotatable bonds is 6. The van der Waals surface area contributed by atoms with Gasteiger partial charge in [0.2, 0.25) is 0 Å². The van der Waals surface area contributed by atoms with Gasteiger partial charge in [-0.05, 0) is 13.0 Å². The molecule has 0 spiro atoms. The average Bonchev–Trinajstić information content (AvgIpc) is 2.96. The Balaban J connectivity index is 1.90. The molecule has 0 radical (unpaired) electrons. The highest BCUT2D eigenvalue weighted by atomic mass is 16.5. The predicted molar refractivity (Wildman–Crippen MR) is 65.1 cm³/mol. The van der Waals surface area contributed by atoms with Crippen LogP contribution in [0.4, 0.5) is 0 Å². The Morgan fingerprint density at radius 2 is 2.50 bits per heavy atom. The van der Waals surface area contributed by atoms with Crippen LogP contribution in [0.1, 0.15) is 12.2 Å². The van der Waals surface area contributed by atoms with E-state index < -0.39 is 5.97 Å². The Labute approximate surface area is 106 Å². The second-order valence-corrected chi connectivity index (χ2v) is 4.59. The molecule has 1 aliphatic heterocycles. The lowest BCUT2D eigenvalue weighted by Crippen LogP contribution is -2.24. The number of carbonyl (C=O) groups is 1. The molecule has 1 aromatic rings. The van der Waals surface area contributed by atoms with Crippen molar-refractivity contribution in [3.8, 4) is 0 Å². The molecular weight excluding hydrogens is 234 g/mol. The molecule has 0 amide bonds. The average molecular weight is 253 g/mol. The fourth-order valence-electron chi connectivity index (χ4n) is 2.26. The zero-order chi connectivity index (χ0) is 13.0. The summed E-state index contributed by atoms with van der Waals surface area (Å²) in [6.45, 7) is 3.59. The summed E-state index contributed by atoms with van der Waals surface area (Å²) in [4.78, 5) is 17.4. The minimum absolute atomic E-state index is 0.229. The summed E-state index contributed by atoms with van der Waals surface area (Å²) < 4.78 is 7.10. The van der Waals surface area contributed by atoms with Crippen LogP contribution in [0.5, 0.6) is 0 Å². The Kier molecular flexibility index (Phi) is 4.33. The van der Waals surface area contributed by atoms with Crippen LogP contribution in [0, 0.1) is 5.92 Å². The van der Waals surface area contributed by atoms with Gasteiger partial charge in [0, 0.05) is 32.6 Å². The van der Waals surface area contributed by atoms with Gasteiger partial charge in [0.1, 0.15) is 5.82 Å². The Hall–Kier alpha value is -1.40. The van der Waals surface area contributed by atoms with E-state index in [0.29, 0.717) is 19.7 Å². The molecule has 100 valence electrons. The van der Waals surface area contributed by atoms with Crippen LogP contribution in [0.25, 0.3) is 0 Å². The molecule has 1 fully saturated rings. The first kappa shape index (κ1) is 13.0. The van der Waals surface area contributed by atoms with Crippen molar-refractivity contribution in [2.24, 2.45) is 5.92 Å². The molecular formula is C12H19N3O3. The molecule has 2 heterocycles. The summed E-state index contributed by atoms with van der Waals surface area (Å²) in [5.74, 6) is 0.0469. The molecule has 0 unspecified atom stereocenters. The summed E-state index contributed by atoms with van der Waals surface area (Å²) >= 11 is 0. The molecule has 2 rings (SSSR count). The van der Waals surface area contributed by atoms with Crippen LogP contribution in [0.15, 0.2) is 12.4 Å². The Bertz CT molecular complexity index is 405. The van der Waals surface area contributed by atoms with Gasteiger partial charge in [-0.1, -0.05) is 0 Å². The van der Waals surface area contributed by atoms with Gasteiger partial charge >= 0.3 is 5.97 Å². The van der Waals surface area contributed by atoms with E-state index in [-0.39, 0.29) is 5.92 Å². The van der Waals surface area contributed by atoms with Crippen LogP contribution in [-0.2, 0) is 22.6 Å². The first-order chi connectivity index (χ1) is 8.70. The molecule has 6 nitrogen and oxygen atoms in total. The van der Waals surface area contributed by atoms with E-state index >= 15 is 0 Å². The normalized spacial score (nSPS) is 20.4. The highest BCUT2D eigenvalue weighted by Gasteiger charge is 2.28. The quantitative estimate of drug-likeness (QED) is 0.796. The van der Waals surface area contributed by atoms with Gasteiger partial charge < -0.3 is 14.4 Å². The summed E-state index contributed by atoms with van der Waals surface area (Å²) in [6, 6.07) is 0. The predicted octanol–water partition coefficient (Wildman–Crippen LogP) is 0.436.